The molecule has 1 unspecified atom stereocenters. The number of rotatable bonds is 5. The fraction of sp³-hybridized carbons (Fsp3) is 0.400. The van der Waals surface area contributed by atoms with Gasteiger partial charge in [0.2, 0.25) is 0 Å². The van der Waals surface area contributed by atoms with E-state index in [-0.39, 0.29) is 28.8 Å². The van der Waals surface area contributed by atoms with E-state index in [2.05, 4.69) is 15.9 Å². The summed E-state index contributed by atoms with van der Waals surface area (Å²) in [5.74, 6) is -0.546. The monoisotopic (exact) mass is 306 g/mol. The van der Waals surface area contributed by atoms with E-state index in [0.717, 1.165) is 12.1 Å². The maximum Gasteiger partial charge on any atom is 0.273 e. The number of hydrogen-bond acceptors (Lipinski definition) is 4. The molecule has 0 fully saturated rings. The van der Waals surface area contributed by atoms with Gasteiger partial charge in [-0.2, -0.15) is 0 Å². The first-order valence-electron chi connectivity index (χ1n) is 4.82. The molecule has 1 atom stereocenters. The van der Waals surface area contributed by atoms with Crippen molar-refractivity contribution in [1.82, 2.24) is 0 Å². The Morgan fingerprint density at radius 1 is 1.65 bits per heavy atom. The van der Waals surface area contributed by atoms with Gasteiger partial charge in [-0.25, -0.2) is 4.39 Å². The summed E-state index contributed by atoms with van der Waals surface area (Å²) in [5.41, 5.74) is 5.81. The third kappa shape index (κ3) is 3.72. The third-order valence-electron chi connectivity index (χ3n) is 2.18. The number of nitrogens with zero attached hydrogens (tertiary/aromatic N) is 1. The molecule has 5 nitrogen and oxygen atoms in total. The molecule has 1 aromatic carbocycles. The highest BCUT2D eigenvalue weighted by atomic mass is 79.9. The summed E-state index contributed by atoms with van der Waals surface area (Å²) in [4.78, 5) is 10.3. The van der Waals surface area contributed by atoms with Gasteiger partial charge in [-0.05, 0) is 28.4 Å². The molecule has 0 radical (unpaired) electrons. The van der Waals surface area contributed by atoms with Crippen molar-refractivity contribution < 1.29 is 14.1 Å². The molecule has 0 amide bonds. The minimum Gasteiger partial charge on any atom is -0.383 e. The Morgan fingerprint density at radius 3 is 2.82 bits per heavy atom. The lowest BCUT2D eigenvalue weighted by Crippen LogP contribution is -2.28. The lowest BCUT2D eigenvalue weighted by Gasteiger charge is -2.11. The summed E-state index contributed by atoms with van der Waals surface area (Å²) in [6, 6.07) is 1.86. The van der Waals surface area contributed by atoms with Crippen LogP contribution in [0.2, 0.25) is 0 Å². The van der Waals surface area contributed by atoms with Gasteiger partial charge in [0.1, 0.15) is 5.82 Å². The highest BCUT2D eigenvalue weighted by Gasteiger charge is 2.19. The molecule has 1 aromatic rings. The van der Waals surface area contributed by atoms with Crippen molar-refractivity contribution >= 4 is 21.6 Å². The first kappa shape index (κ1) is 14.0. The minimum atomic E-state index is -0.556. The summed E-state index contributed by atoms with van der Waals surface area (Å²) in [6.45, 7) is 0.259. The predicted octanol–water partition coefficient (Wildman–Crippen LogP) is 2.01. The lowest BCUT2D eigenvalue weighted by atomic mass is 10.0. The molecule has 0 aliphatic heterocycles. The molecular weight excluding hydrogens is 295 g/mol. The number of halogens is 2. The Bertz CT molecular complexity index is 428. The highest BCUT2D eigenvalue weighted by Crippen LogP contribution is 2.27. The molecule has 0 saturated heterocycles. The molecule has 0 aliphatic carbocycles. The second-order valence-electron chi connectivity index (χ2n) is 3.57. The van der Waals surface area contributed by atoms with Crippen molar-refractivity contribution in [1.29, 1.82) is 0 Å². The molecule has 0 aromatic heterocycles. The van der Waals surface area contributed by atoms with Crippen LogP contribution in [0.4, 0.5) is 10.1 Å². The average Bonchev–Trinajstić information content (AvgIpc) is 2.23. The Morgan fingerprint density at radius 2 is 2.29 bits per heavy atom. The molecule has 0 spiro atoms. The second-order valence-corrected chi connectivity index (χ2v) is 4.43. The number of hydrogen-bond donors (Lipinski definition) is 1. The molecule has 0 bridgehead atoms. The van der Waals surface area contributed by atoms with Crippen LogP contribution in [0.25, 0.3) is 0 Å². The lowest BCUT2D eigenvalue weighted by molar-refractivity contribution is -0.385. The van der Waals surface area contributed by atoms with Crippen LogP contribution in [-0.2, 0) is 11.2 Å². The largest absolute Gasteiger partial charge is 0.383 e. The van der Waals surface area contributed by atoms with E-state index in [1.807, 2.05) is 0 Å². The highest BCUT2D eigenvalue weighted by molar-refractivity contribution is 9.10. The van der Waals surface area contributed by atoms with E-state index in [1.54, 1.807) is 0 Å². The minimum absolute atomic E-state index is 0.0632. The summed E-state index contributed by atoms with van der Waals surface area (Å²) in [6.07, 6.45) is 0.189. The van der Waals surface area contributed by atoms with Gasteiger partial charge in [0.15, 0.2) is 0 Å². The van der Waals surface area contributed by atoms with E-state index in [9.17, 15) is 14.5 Å². The number of nitro benzene ring substituents is 1. The molecule has 0 heterocycles. The van der Waals surface area contributed by atoms with Gasteiger partial charge in [0, 0.05) is 24.8 Å². The first-order valence-corrected chi connectivity index (χ1v) is 5.61. The van der Waals surface area contributed by atoms with Gasteiger partial charge in [0.05, 0.1) is 16.0 Å². The third-order valence-corrected chi connectivity index (χ3v) is 2.79. The van der Waals surface area contributed by atoms with E-state index < -0.39 is 16.8 Å². The van der Waals surface area contributed by atoms with Crippen LogP contribution in [-0.4, -0.2) is 24.7 Å². The van der Waals surface area contributed by atoms with Crippen molar-refractivity contribution in [2.24, 2.45) is 5.73 Å². The van der Waals surface area contributed by atoms with Crippen molar-refractivity contribution in [3.63, 3.8) is 0 Å². The zero-order chi connectivity index (χ0) is 13.0. The maximum atomic E-state index is 13.3. The van der Waals surface area contributed by atoms with Gasteiger partial charge in [0.25, 0.3) is 5.69 Å². The number of nitro groups is 1. The van der Waals surface area contributed by atoms with Gasteiger partial charge in [-0.1, -0.05) is 0 Å². The fourth-order valence-corrected chi connectivity index (χ4v) is 1.80. The average molecular weight is 307 g/mol. The van der Waals surface area contributed by atoms with Crippen LogP contribution in [0.5, 0.6) is 0 Å². The van der Waals surface area contributed by atoms with Gasteiger partial charge in [-0.3, -0.25) is 10.1 Å². The SMILES string of the molecule is COCC(N)Cc1cc(F)c(Br)cc1[N+](=O)[O-]. The van der Waals surface area contributed by atoms with Gasteiger partial charge in [-0.15, -0.1) is 0 Å². The summed E-state index contributed by atoms with van der Waals surface area (Å²) >= 11 is 2.91. The van der Waals surface area contributed by atoms with E-state index in [4.69, 9.17) is 10.5 Å². The van der Waals surface area contributed by atoms with E-state index in [0.29, 0.717) is 0 Å². The normalized spacial score (nSPS) is 12.5. The van der Waals surface area contributed by atoms with Crippen LogP contribution in [0, 0.1) is 15.9 Å². The summed E-state index contributed by atoms with van der Waals surface area (Å²) < 4.78 is 18.2. The topological polar surface area (TPSA) is 78.4 Å². The van der Waals surface area contributed by atoms with Crippen molar-refractivity contribution in [3.8, 4) is 0 Å². The number of methoxy groups -OCH3 is 1. The van der Waals surface area contributed by atoms with Crippen molar-refractivity contribution in [3.05, 3.63) is 38.1 Å². The van der Waals surface area contributed by atoms with E-state index >= 15 is 0 Å². The van der Waals surface area contributed by atoms with Crippen LogP contribution < -0.4 is 5.73 Å². The van der Waals surface area contributed by atoms with Crippen molar-refractivity contribution in [2.75, 3.05) is 13.7 Å². The molecule has 7 heteroatoms. The van der Waals surface area contributed by atoms with Crippen LogP contribution >= 0.6 is 15.9 Å². The van der Waals surface area contributed by atoms with Gasteiger partial charge >= 0.3 is 0 Å². The second kappa shape index (κ2) is 6.04. The van der Waals surface area contributed by atoms with Crippen LogP contribution in [0.15, 0.2) is 16.6 Å². The first-order chi connectivity index (χ1) is 7.95. The molecule has 94 valence electrons. The zero-order valence-electron chi connectivity index (χ0n) is 9.15. The quantitative estimate of drug-likeness (QED) is 0.667. The van der Waals surface area contributed by atoms with Crippen LogP contribution in [0.1, 0.15) is 5.56 Å². The molecule has 2 N–H and O–H groups in total. The molecule has 0 aliphatic rings. The Kier molecular flexibility index (Phi) is 4.98. The van der Waals surface area contributed by atoms with Crippen molar-refractivity contribution in [2.45, 2.75) is 12.5 Å². The van der Waals surface area contributed by atoms with Gasteiger partial charge < -0.3 is 10.5 Å². The molecule has 0 saturated carbocycles. The maximum absolute atomic E-state index is 13.3. The Hall–Kier alpha value is -1.05. The number of nitrogens with two attached hydrogens (primary N) is 1. The molecular formula is C10H12BrFN2O3. The smallest absolute Gasteiger partial charge is 0.273 e. The number of benzene rings is 1. The summed E-state index contributed by atoms with van der Waals surface area (Å²) in [5, 5.41) is 10.8. The Labute approximate surface area is 106 Å². The number of ether oxygens (including phenoxy) is 1. The van der Waals surface area contributed by atoms with E-state index in [1.165, 1.54) is 7.11 Å². The van der Waals surface area contributed by atoms with Crippen LogP contribution in [0.3, 0.4) is 0 Å². The summed E-state index contributed by atoms with van der Waals surface area (Å²) in [7, 11) is 1.48. The fourth-order valence-electron chi connectivity index (χ4n) is 1.47. The zero-order valence-corrected chi connectivity index (χ0v) is 10.7. The molecule has 17 heavy (non-hydrogen) atoms. The predicted molar refractivity (Wildman–Crippen MR) is 64.3 cm³/mol. The Balaban J connectivity index is 3.04. The standard InChI is InChI=1S/C10H12BrFN2O3/c1-17-5-7(13)2-6-3-9(12)8(11)4-10(6)14(15)16/h3-4,7H,2,5,13H2,1H3. The molecule has 1 rings (SSSR count).